The van der Waals surface area contributed by atoms with Crippen LogP contribution in [0.2, 0.25) is 0 Å². The topological polar surface area (TPSA) is 58.4 Å². The second kappa shape index (κ2) is 6.36. The van der Waals surface area contributed by atoms with Crippen LogP contribution in [0.15, 0.2) is 0 Å². The smallest absolute Gasteiger partial charge is 0.231 e. The van der Waals surface area contributed by atoms with Gasteiger partial charge in [0, 0.05) is 12.6 Å². The van der Waals surface area contributed by atoms with E-state index in [9.17, 15) is 4.79 Å². The molecule has 0 spiro atoms. The maximum absolute atomic E-state index is 11.2. The van der Waals surface area contributed by atoms with Crippen molar-refractivity contribution in [2.24, 2.45) is 11.7 Å². The lowest BCUT2D eigenvalue weighted by atomic mass is 9.96. The second-order valence-corrected chi connectivity index (χ2v) is 5.53. The monoisotopic (exact) mass is 239 g/mol. The lowest BCUT2D eigenvalue weighted by Gasteiger charge is -2.33. The van der Waals surface area contributed by atoms with Gasteiger partial charge in [0.1, 0.15) is 0 Å². The van der Waals surface area contributed by atoms with Gasteiger partial charge in [0.15, 0.2) is 0 Å². The van der Waals surface area contributed by atoms with Crippen LogP contribution in [0.25, 0.3) is 0 Å². The molecule has 4 heteroatoms. The Morgan fingerprint density at radius 2 is 1.82 bits per heavy atom. The Morgan fingerprint density at radius 3 is 2.41 bits per heavy atom. The van der Waals surface area contributed by atoms with Crippen molar-refractivity contribution in [3.63, 3.8) is 0 Å². The average molecular weight is 239 g/mol. The fraction of sp³-hybridized carbons (Fsp3) is 0.923. The molecular weight excluding hydrogens is 214 g/mol. The molecule has 2 aliphatic rings. The van der Waals surface area contributed by atoms with Crippen LogP contribution in [0.1, 0.15) is 38.5 Å². The molecule has 1 heterocycles. The molecule has 1 amide bonds. The van der Waals surface area contributed by atoms with Crippen LogP contribution in [0.5, 0.6) is 0 Å². The van der Waals surface area contributed by atoms with Crippen molar-refractivity contribution >= 4 is 5.91 Å². The molecule has 1 saturated heterocycles. The zero-order valence-corrected chi connectivity index (χ0v) is 10.7. The second-order valence-electron chi connectivity index (χ2n) is 5.53. The van der Waals surface area contributed by atoms with E-state index in [2.05, 4.69) is 10.2 Å². The van der Waals surface area contributed by atoms with Crippen molar-refractivity contribution in [3.05, 3.63) is 0 Å². The van der Waals surface area contributed by atoms with Crippen molar-refractivity contribution in [2.75, 3.05) is 26.2 Å². The largest absolute Gasteiger partial charge is 0.369 e. The molecule has 1 aliphatic heterocycles. The first kappa shape index (κ1) is 12.8. The molecule has 17 heavy (non-hydrogen) atoms. The van der Waals surface area contributed by atoms with E-state index >= 15 is 0 Å². The van der Waals surface area contributed by atoms with E-state index in [1.54, 1.807) is 0 Å². The summed E-state index contributed by atoms with van der Waals surface area (Å²) in [6.45, 7) is 3.77. The van der Waals surface area contributed by atoms with Crippen LogP contribution < -0.4 is 11.1 Å². The minimum absolute atomic E-state index is 0.175. The number of nitrogens with zero attached hydrogens (tertiary/aromatic N) is 1. The van der Waals surface area contributed by atoms with Crippen molar-refractivity contribution in [3.8, 4) is 0 Å². The first-order valence-electron chi connectivity index (χ1n) is 6.99. The summed E-state index contributed by atoms with van der Waals surface area (Å²) in [5, 5.41) is 3.39. The van der Waals surface area contributed by atoms with Gasteiger partial charge < -0.3 is 11.1 Å². The third kappa shape index (κ3) is 3.96. The van der Waals surface area contributed by atoms with E-state index in [0.717, 1.165) is 25.6 Å². The molecule has 2 fully saturated rings. The van der Waals surface area contributed by atoms with Crippen molar-refractivity contribution in [1.29, 1.82) is 0 Å². The van der Waals surface area contributed by atoms with E-state index in [1.807, 2.05) is 0 Å². The van der Waals surface area contributed by atoms with E-state index in [1.165, 1.54) is 38.5 Å². The van der Waals surface area contributed by atoms with Gasteiger partial charge in [-0.3, -0.25) is 9.69 Å². The highest BCUT2D eigenvalue weighted by Gasteiger charge is 2.26. The zero-order valence-electron chi connectivity index (χ0n) is 10.7. The molecule has 4 nitrogen and oxygen atoms in total. The predicted molar refractivity (Wildman–Crippen MR) is 68.6 cm³/mol. The number of hydrogen-bond acceptors (Lipinski definition) is 3. The van der Waals surface area contributed by atoms with E-state index < -0.39 is 0 Å². The molecule has 0 aromatic heterocycles. The fourth-order valence-corrected chi connectivity index (χ4v) is 3.21. The van der Waals surface area contributed by atoms with Crippen molar-refractivity contribution < 1.29 is 4.79 Å². The Balaban J connectivity index is 1.86. The molecule has 0 unspecified atom stereocenters. The number of carbonyl (C=O) groups is 1. The SMILES string of the molecule is NC(=O)CN(CC1CCNCC1)C1CCCC1. The summed E-state index contributed by atoms with van der Waals surface area (Å²) in [4.78, 5) is 13.5. The third-order valence-corrected chi connectivity index (χ3v) is 4.15. The Labute approximate surface area is 104 Å². The standard InChI is InChI=1S/C13H25N3O/c14-13(17)10-16(12-3-1-2-4-12)9-11-5-7-15-8-6-11/h11-12,15H,1-10H2,(H2,14,17). The summed E-state index contributed by atoms with van der Waals surface area (Å²) in [6.07, 6.45) is 7.60. The summed E-state index contributed by atoms with van der Waals surface area (Å²) in [6, 6.07) is 0.609. The van der Waals surface area contributed by atoms with Crippen LogP contribution in [-0.2, 0) is 4.79 Å². The third-order valence-electron chi connectivity index (χ3n) is 4.15. The number of nitrogens with one attached hydrogen (secondary N) is 1. The number of amides is 1. The van der Waals surface area contributed by atoms with Crippen LogP contribution in [0.4, 0.5) is 0 Å². The highest BCUT2D eigenvalue weighted by molar-refractivity contribution is 5.75. The summed E-state index contributed by atoms with van der Waals surface area (Å²) in [5.41, 5.74) is 5.37. The number of piperidine rings is 1. The normalized spacial score (nSPS) is 23.4. The van der Waals surface area contributed by atoms with Gasteiger partial charge in [-0.05, 0) is 44.7 Å². The van der Waals surface area contributed by atoms with Gasteiger partial charge in [-0.15, -0.1) is 0 Å². The molecule has 1 saturated carbocycles. The van der Waals surface area contributed by atoms with Gasteiger partial charge >= 0.3 is 0 Å². The first-order chi connectivity index (χ1) is 8.25. The predicted octanol–water partition coefficient (Wildman–Crippen LogP) is 0.716. The van der Waals surface area contributed by atoms with Crippen LogP contribution >= 0.6 is 0 Å². The van der Waals surface area contributed by atoms with E-state index in [-0.39, 0.29) is 5.91 Å². The van der Waals surface area contributed by atoms with Crippen LogP contribution in [-0.4, -0.2) is 43.0 Å². The maximum Gasteiger partial charge on any atom is 0.231 e. The lowest BCUT2D eigenvalue weighted by molar-refractivity contribution is -0.119. The van der Waals surface area contributed by atoms with E-state index in [0.29, 0.717) is 12.6 Å². The zero-order chi connectivity index (χ0) is 12.1. The van der Waals surface area contributed by atoms with Gasteiger partial charge in [0.25, 0.3) is 0 Å². The molecule has 98 valence electrons. The number of primary amides is 1. The summed E-state index contributed by atoms with van der Waals surface area (Å²) < 4.78 is 0. The number of hydrogen-bond donors (Lipinski definition) is 2. The van der Waals surface area contributed by atoms with Crippen molar-refractivity contribution in [1.82, 2.24) is 10.2 Å². The first-order valence-corrected chi connectivity index (χ1v) is 6.99. The molecule has 2 rings (SSSR count). The fourth-order valence-electron chi connectivity index (χ4n) is 3.21. The number of carbonyl (C=O) groups excluding carboxylic acids is 1. The van der Waals surface area contributed by atoms with Gasteiger partial charge in [-0.25, -0.2) is 0 Å². The Morgan fingerprint density at radius 1 is 1.18 bits per heavy atom. The van der Waals surface area contributed by atoms with Gasteiger partial charge in [0.05, 0.1) is 6.54 Å². The van der Waals surface area contributed by atoms with Crippen molar-refractivity contribution in [2.45, 2.75) is 44.6 Å². The number of rotatable bonds is 5. The molecular formula is C13H25N3O. The molecule has 3 N–H and O–H groups in total. The van der Waals surface area contributed by atoms with E-state index in [4.69, 9.17) is 5.73 Å². The van der Waals surface area contributed by atoms with Gasteiger partial charge in [-0.2, -0.15) is 0 Å². The van der Waals surface area contributed by atoms with Gasteiger partial charge in [-0.1, -0.05) is 12.8 Å². The lowest BCUT2D eigenvalue weighted by Crippen LogP contribution is -2.44. The average Bonchev–Trinajstić information content (AvgIpc) is 2.82. The minimum Gasteiger partial charge on any atom is -0.369 e. The molecule has 0 aromatic carbocycles. The quantitative estimate of drug-likeness (QED) is 0.743. The highest BCUT2D eigenvalue weighted by Crippen LogP contribution is 2.25. The highest BCUT2D eigenvalue weighted by atomic mass is 16.1. The number of nitrogens with two attached hydrogens (primary N) is 1. The molecule has 0 radical (unpaired) electrons. The molecule has 0 atom stereocenters. The molecule has 1 aliphatic carbocycles. The molecule has 0 bridgehead atoms. The summed E-state index contributed by atoms with van der Waals surface area (Å²) in [5.74, 6) is 0.571. The Kier molecular flexibility index (Phi) is 4.80. The Bertz CT molecular complexity index is 245. The maximum atomic E-state index is 11.2. The van der Waals surface area contributed by atoms with Crippen LogP contribution in [0, 0.1) is 5.92 Å². The summed E-state index contributed by atoms with van der Waals surface area (Å²) in [7, 11) is 0. The summed E-state index contributed by atoms with van der Waals surface area (Å²) >= 11 is 0. The van der Waals surface area contributed by atoms with Crippen LogP contribution in [0.3, 0.4) is 0 Å². The molecule has 0 aromatic rings. The Hall–Kier alpha value is -0.610. The minimum atomic E-state index is -0.175. The van der Waals surface area contributed by atoms with Gasteiger partial charge in [0.2, 0.25) is 5.91 Å².